The molecule has 0 saturated carbocycles. The molecule has 0 atom stereocenters. The molecule has 2 heterocycles. The van der Waals surface area contributed by atoms with Crippen molar-refractivity contribution in [1.82, 2.24) is 9.78 Å². The zero-order chi connectivity index (χ0) is 13.8. The second-order valence-corrected chi connectivity index (χ2v) is 4.58. The summed E-state index contributed by atoms with van der Waals surface area (Å²) in [5.74, 6) is 0.215. The van der Waals surface area contributed by atoms with Crippen LogP contribution in [0.3, 0.4) is 0 Å². The Morgan fingerprint density at radius 1 is 1.32 bits per heavy atom. The highest BCUT2D eigenvalue weighted by Crippen LogP contribution is 2.30. The lowest BCUT2D eigenvalue weighted by Crippen LogP contribution is -2.28. The lowest BCUT2D eigenvalue weighted by atomic mass is 10.2. The van der Waals surface area contributed by atoms with Gasteiger partial charge in [0.05, 0.1) is 4.92 Å². The summed E-state index contributed by atoms with van der Waals surface area (Å²) in [5.41, 5.74) is -0.192. The number of hydrogen-bond donors (Lipinski definition) is 0. The average Bonchev–Trinajstić information content (AvgIpc) is 2.59. The molecule has 1 aromatic rings. The highest BCUT2D eigenvalue weighted by atomic mass is 19.3. The minimum Gasteiger partial charge on any atom is -0.351 e. The highest BCUT2D eigenvalue weighted by molar-refractivity contribution is 5.57. The Kier molecular flexibility index (Phi) is 4.28. The van der Waals surface area contributed by atoms with Crippen LogP contribution in [0.1, 0.15) is 25.7 Å². The van der Waals surface area contributed by atoms with E-state index >= 15 is 0 Å². The molecule has 1 aromatic heterocycles. The van der Waals surface area contributed by atoms with Gasteiger partial charge in [-0.05, 0) is 12.8 Å². The van der Waals surface area contributed by atoms with Crippen molar-refractivity contribution in [2.24, 2.45) is 0 Å². The molecular weight excluding hydrogens is 258 g/mol. The van der Waals surface area contributed by atoms with E-state index in [2.05, 4.69) is 5.10 Å². The van der Waals surface area contributed by atoms with Crippen LogP contribution in [-0.4, -0.2) is 34.2 Å². The number of nitro groups is 1. The first kappa shape index (κ1) is 13.7. The molecule has 0 amide bonds. The molecule has 0 radical (unpaired) electrons. The second-order valence-electron chi connectivity index (χ2n) is 4.58. The van der Waals surface area contributed by atoms with Crippen molar-refractivity contribution in [2.75, 3.05) is 18.0 Å². The third-order valence-corrected chi connectivity index (χ3v) is 3.21. The Bertz CT molecular complexity index is 442. The minimum atomic E-state index is -2.58. The lowest BCUT2D eigenvalue weighted by molar-refractivity contribution is -0.384. The molecule has 0 bridgehead atoms. The molecule has 2 rings (SSSR count). The van der Waals surface area contributed by atoms with E-state index in [0.29, 0.717) is 13.1 Å². The van der Waals surface area contributed by atoms with Crippen molar-refractivity contribution in [1.29, 1.82) is 0 Å². The zero-order valence-corrected chi connectivity index (χ0v) is 10.5. The quantitative estimate of drug-likeness (QED) is 0.625. The summed E-state index contributed by atoms with van der Waals surface area (Å²) in [5, 5.41) is 14.7. The minimum absolute atomic E-state index is 0.192. The molecule has 8 heteroatoms. The standard InChI is InChI=1S/C11H16F2N4O2/c12-10(13)8-16-11(9(7-14-16)17(18)19)15-5-3-1-2-4-6-15/h7,10H,1-6,8H2. The molecule has 19 heavy (non-hydrogen) atoms. The predicted molar refractivity (Wildman–Crippen MR) is 65.6 cm³/mol. The van der Waals surface area contributed by atoms with Gasteiger partial charge in [0.15, 0.2) is 0 Å². The van der Waals surface area contributed by atoms with Gasteiger partial charge in [-0.25, -0.2) is 13.5 Å². The largest absolute Gasteiger partial charge is 0.351 e. The van der Waals surface area contributed by atoms with Gasteiger partial charge >= 0.3 is 5.69 Å². The Balaban J connectivity index is 2.32. The number of hydrogen-bond acceptors (Lipinski definition) is 4. The second kappa shape index (κ2) is 5.94. The fraction of sp³-hybridized carbons (Fsp3) is 0.727. The van der Waals surface area contributed by atoms with Crippen LogP contribution in [0.5, 0.6) is 0 Å². The van der Waals surface area contributed by atoms with Crippen molar-refractivity contribution in [3.05, 3.63) is 16.3 Å². The van der Waals surface area contributed by atoms with Crippen LogP contribution in [0, 0.1) is 10.1 Å². The third-order valence-electron chi connectivity index (χ3n) is 3.21. The number of nitrogens with zero attached hydrogens (tertiary/aromatic N) is 4. The van der Waals surface area contributed by atoms with Crippen LogP contribution in [-0.2, 0) is 6.54 Å². The molecule has 0 aliphatic carbocycles. The molecule has 0 unspecified atom stereocenters. The van der Waals surface area contributed by atoms with Gasteiger partial charge in [0.2, 0.25) is 5.82 Å². The van der Waals surface area contributed by atoms with Crippen molar-refractivity contribution < 1.29 is 13.7 Å². The van der Waals surface area contributed by atoms with E-state index in [1.165, 1.54) is 0 Å². The fourth-order valence-corrected chi connectivity index (χ4v) is 2.37. The molecule has 1 aliphatic heterocycles. The Morgan fingerprint density at radius 3 is 2.47 bits per heavy atom. The van der Waals surface area contributed by atoms with Crippen LogP contribution in [0.25, 0.3) is 0 Å². The summed E-state index contributed by atoms with van der Waals surface area (Å²) in [6, 6.07) is 0. The van der Waals surface area contributed by atoms with Gasteiger partial charge in [-0.1, -0.05) is 12.8 Å². The van der Waals surface area contributed by atoms with Crippen molar-refractivity contribution in [3.63, 3.8) is 0 Å². The van der Waals surface area contributed by atoms with Crippen molar-refractivity contribution >= 4 is 11.5 Å². The van der Waals surface area contributed by atoms with E-state index in [0.717, 1.165) is 36.6 Å². The number of anilines is 1. The Hall–Kier alpha value is -1.73. The first-order chi connectivity index (χ1) is 9.09. The van der Waals surface area contributed by atoms with Crippen LogP contribution in [0.2, 0.25) is 0 Å². The fourth-order valence-electron chi connectivity index (χ4n) is 2.37. The summed E-state index contributed by atoms with van der Waals surface area (Å²) in [4.78, 5) is 12.2. The SMILES string of the molecule is O=[N+]([O-])c1cnn(CC(F)F)c1N1CCCCCC1. The van der Waals surface area contributed by atoms with Crippen LogP contribution >= 0.6 is 0 Å². The summed E-state index contributed by atoms with van der Waals surface area (Å²) >= 11 is 0. The van der Waals surface area contributed by atoms with E-state index in [9.17, 15) is 18.9 Å². The summed E-state index contributed by atoms with van der Waals surface area (Å²) < 4.78 is 26.1. The molecule has 1 fully saturated rings. The molecular formula is C11H16F2N4O2. The molecule has 106 valence electrons. The summed E-state index contributed by atoms with van der Waals surface area (Å²) in [7, 11) is 0. The number of aromatic nitrogens is 2. The molecule has 1 saturated heterocycles. The van der Waals surface area contributed by atoms with Crippen molar-refractivity contribution in [2.45, 2.75) is 38.7 Å². The van der Waals surface area contributed by atoms with E-state index in [1.807, 2.05) is 0 Å². The molecule has 1 aliphatic rings. The van der Waals surface area contributed by atoms with Gasteiger partial charge in [-0.3, -0.25) is 10.1 Å². The van der Waals surface area contributed by atoms with Crippen molar-refractivity contribution in [3.8, 4) is 0 Å². The van der Waals surface area contributed by atoms with Gasteiger partial charge in [0.1, 0.15) is 12.7 Å². The van der Waals surface area contributed by atoms with Gasteiger partial charge in [0.25, 0.3) is 6.43 Å². The predicted octanol–water partition coefficient (Wildman–Crippen LogP) is 2.44. The first-order valence-corrected chi connectivity index (χ1v) is 6.33. The van der Waals surface area contributed by atoms with Crippen LogP contribution in [0.15, 0.2) is 6.20 Å². The van der Waals surface area contributed by atoms with E-state index < -0.39 is 17.9 Å². The maximum Gasteiger partial charge on any atom is 0.331 e. The Labute approximate surface area is 109 Å². The van der Waals surface area contributed by atoms with Gasteiger partial charge in [-0.2, -0.15) is 5.10 Å². The molecule has 6 nitrogen and oxygen atoms in total. The number of halogens is 2. The number of alkyl halides is 2. The molecule has 0 N–H and O–H groups in total. The van der Waals surface area contributed by atoms with E-state index in [4.69, 9.17) is 0 Å². The third kappa shape index (κ3) is 3.18. The van der Waals surface area contributed by atoms with E-state index in [-0.39, 0.29) is 11.5 Å². The summed E-state index contributed by atoms with van der Waals surface area (Å²) in [6.07, 6.45) is 2.43. The normalized spacial score (nSPS) is 16.7. The van der Waals surface area contributed by atoms with E-state index in [1.54, 1.807) is 4.90 Å². The molecule has 0 aromatic carbocycles. The lowest BCUT2D eigenvalue weighted by Gasteiger charge is -2.22. The average molecular weight is 274 g/mol. The summed E-state index contributed by atoms with van der Waals surface area (Å²) in [6.45, 7) is 0.686. The van der Waals surface area contributed by atoms with Crippen LogP contribution in [0.4, 0.5) is 20.3 Å². The Morgan fingerprint density at radius 2 is 1.95 bits per heavy atom. The smallest absolute Gasteiger partial charge is 0.331 e. The van der Waals surface area contributed by atoms with Gasteiger partial charge in [-0.15, -0.1) is 0 Å². The van der Waals surface area contributed by atoms with Crippen LogP contribution < -0.4 is 4.90 Å². The maximum absolute atomic E-state index is 12.5. The zero-order valence-electron chi connectivity index (χ0n) is 10.5. The maximum atomic E-state index is 12.5. The highest BCUT2D eigenvalue weighted by Gasteiger charge is 2.27. The van der Waals surface area contributed by atoms with Gasteiger partial charge < -0.3 is 4.90 Å². The monoisotopic (exact) mass is 274 g/mol. The first-order valence-electron chi connectivity index (χ1n) is 6.33. The topological polar surface area (TPSA) is 64.2 Å². The number of rotatable bonds is 4. The van der Waals surface area contributed by atoms with Gasteiger partial charge in [0, 0.05) is 13.1 Å². The molecule has 0 spiro atoms.